The van der Waals surface area contributed by atoms with E-state index in [0.29, 0.717) is 62.3 Å². The fraction of sp³-hybridized carbons (Fsp3) is 0.213. The number of carbonyl (C=O) groups is 3. The summed E-state index contributed by atoms with van der Waals surface area (Å²) in [5, 5.41) is 10.9. The fourth-order valence-corrected chi connectivity index (χ4v) is 6.42. The summed E-state index contributed by atoms with van der Waals surface area (Å²) in [6.07, 6.45) is 0.357. The van der Waals surface area contributed by atoms with Crippen LogP contribution in [0.4, 0.5) is 8.78 Å². The summed E-state index contributed by atoms with van der Waals surface area (Å²) < 4.78 is 47.9. The molecule has 0 spiro atoms. The zero-order valence-electron chi connectivity index (χ0n) is 33.9. The van der Waals surface area contributed by atoms with Crippen LogP contribution in [0.2, 0.25) is 10.0 Å². The first kappa shape index (κ1) is 45.9. The van der Waals surface area contributed by atoms with Gasteiger partial charge in [-0.25, -0.2) is 18.7 Å². The molecule has 0 aliphatic rings. The molecular weight excluding hydrogens is 829 g/mol. The summed E-state index contributed by atoms with van der Waals surface area (Å²) in [7, 11) is 6.08. The van der Waals surface area contributed by atoms with Crippen molar-refractivity contribution >= 4 is 40.6 Å². The second-order valence-corrected chi connectivity index (χ2v) is 14.6. The van der Waals surface area contributed by atoms with Crippen molar-refractivity contribution in [1.82, 2.24) is 9.97 Å². The standard InChI is InChI=1S/C24H23ClFNO4.C23H19ClFNO4/c1-24(29,13-12-20(28)15-4-7-17(30-2)8-5-15)22-11-10-21(31-3)23(27-22)16-6-9-19(26)18(25)14-16;1-29-16-6-3-14(4-7-16)20(27)10-11-21(28)19-9-12-22(30-2)23(26-19)15-5-8-18(25)17(24)13-15/h4-11,14,29H,12-13H2,1-3H3;3-9,12-13H,10-11H2,1-2H3. The molecule has 6 rings (SSSR count). The van der Waals surface area contributed by atoms with Crippen molar-refractivity contribution in [3.05, 3.63) is 153 Å². The lowest BCUT2D eigenvalue weighted by atomic mass is 9.92. The first-order valence-electron chi connectivity index (χ1n) is 18.8. The number of methoxy groups -OCH3 is 4. The van der Waals surface area contributed by atoms with E-state index >= 15 is 0 Å². The molecule has 4 aromatic carbocycles. The van der Waals surface area contributed by atoms with Crippen molar-refractivity contribution in [2.24, 2.45) is 0 Å². The Balaban J connectivity index is 0.000000231. The van der Waals surface area contributed by atoms with Crippen molar-refractivity contribution in [2.75, 3.05) is 28.4 Å². The molecule has 10 nitrogen and oxygen atoms in total. The quantitative estimate of drug-likeness (QED) is 0.0937. The number of aromatic nitrogens is 2. The Kier molecular flexibility index (Phi) is 15.7. The summed E-state index contributed by atoms with van der Waals surface area (Å²) in [6.45, 7) is 1.60. The van der Waals surface area contributed by atoms with E-state index in [-0.39, 0.29) is 58.8 Å². The number of benzene rings is 4. The van der Waals surface area contributed by atoms with Gasteiger partial charge in [0, 0.05) is 41.5 Å². The number of pyridine rings is 2. The number of carbonyl (C=O) groups excluding carboxylic acids is 3. The van der Waals surface area contributed by atoms with E-state index in [1.54, 1.807) is 87.9 Å². The Morgan fingerprint density at radius 2 is 1.02 bits per heavy atom. The predicted octanol–water partition coefficient (Wildman–Crippen LogP) is 10.8. The van der Waals surface area contributed by atoms with Crippen LogP contribution in [0.15, 0.2) is 109 Å². The molecule has 0 radical (unpaired) electrons. The molecule has 2 aromatic heterocycles. The number of ether oxygens (including phenoxy) is 4. The summed E-state index contributed by atoms with van der Waals surface area (Å²) in [5.41, 5.74) is 2.09. The third kappa shape index (κ3) is 11.8. The van der Waals surface area contributed by atoms with E-state index < -0.39 is 17.2 Å². The molecule has 0 saturated heterocycles. The number of Topliss-reactive ketones (excluding diaryl/α,β-unsaturated/α-hetero) is 3. The predicted molar refractivity (Wildman–Crippen MR) is 229 cm³/mol. The van der Waals surface area contributed by atoms with Gasteiger partial charge in [0.05, 0.1) is 44.2 Å². The van der Waals surface area contributed by atoms with E-state index in [1.807, 2.05) is 0 Å². The average molecular weight is 872 g/mol. The molecule has 0 amide bonds. The molecule has 0 saturated carbocycles. The molecule has 0 aliphatic carbocycles. The van der Waals surface area contributed by atoms with Crippen LogP contribution in [-0.4, -0.2) is 60.9 Å². The Morgan fingerprint density at radius 1 is 0.574 bits per heavy atom. The van der Waals surface area contributed by atoms with Crippen molar-refractivity contribution in [3.8, 4) is 45.5 Å². The lowest BCUT2D eigenvalue weighted by molar-refractivity contribution is 0.0397. The topological polar surface area (TPSA) is 134 Å². The SMILES string of the molecule is COc1ccc(C(=O)CCC(=O)c2ccc(OC)c(-c3ccc(F)c(Cl)c3)n2)cc1.COc1ccc(C(=O)CCC(C)(O)c2ccc(OC)c(-c3ccc(F)c(Cl)c3)n2)cc1. The molecule has 6 aromatic rings. The Labute approximate surface area is 362 Å². The molecule has 316 valence electrons. The van der Waals surface area contributed by atoms with E-state index in [0.717, 1.165) is 0 Å². The molecular formula is C47H42Cl2F2N2O8. The number of rotatable bonds is 16. The van der Waals surface area contributed by atoms with E-state index in [9.17, 15) is 28.3 Å². The number of halogens is 4. The fourth-order valence-electron chi connectivity index (χ4n) is 6.06. The van der Waals surface area contributed by atoms with Gasteiger partial charge in [-0.15, -0.1) is 0 Å². The number of aliphatic hydroxyl groups is 1. The van der Waals surface area contributed by atoms with Crippen molar-refractivity contribution in [3.63, 3.8) is 0 Å². The highest BCUT2D eigenvalue weighted by atomic mass is 35.5. The zero-order chi connectivity index (χ0) is 44.3. The third-order valence-corrected chi connectivity index (χ3v) is 10.2. The van der Waals surface area contributed by atoms with Crippen molar-refractivity contribution in [1.29, 1.82) is 0 Å². The molecule has 1 atom stereocenters. The van der Waals surface area contributed by atoms with Crippen LogP contribution >= 0.6 is 23.2 Å². The van der Waals surface area contributed by atoms with E-state index in [1.165, 1.54) is 56.7 Å². The second kappa shape index (κ2) is 20.9. The van der Waals surface area contributed by atoms with Crippen molar-refractivity contribution in [2.45, 2.75) is 38.2 Å². The summed E-state index contributed by atoms with van der Waals surface area (Å²) in [4.78, 5) is 46.4. The molecule has 1 unspecified atom stereocenters. The van der Waals surface area contributed by atoms with Gasteiger partial charge >= 0.3 is 0 Å². The van der Waals surface area contributed by atoms with Gasteiger partial charge in [0.1, 0.15) is 57.3 Å². The number of ketones is 3. The normalized spacial score (nSPS) is 11.7. The largest absolute Gasteiger partial charge is 0.497 e. The molecule has 1 N–H and O–H groups in total. The van der Waals surface area contributed by atoms with Gasteiger partial charge in [0.25, 0.3) is 0 Å². The zero-order valence-corrected chi connectivity index (χ0v) is 35.4. The van der Waals surface area contributed by atoms with Gasteiger partial charge in [0.2, 0.25) is 0 Å². The van der Waals surface area contributed by atoms with Crippen LogP contribution in [0, 0.1) is 11.6 Å². The van der Waals surface area contributed by atoms with E-state index in [2.05, 4.69) is 9.97 Å². The smallest absolute Gasteiger partial charge is 0.181 e. The van der Waals surface area contributed by atoms with Crippen molar-refractivity contribution < 1.29 is 47.2 Å². The van der Waals surface area contributed by atoms with Gasteiger partial charge in [-0.05, 0) is 123 Å². The van der Waals surface area contributed by atoms with Crippen LogP contribution in [0.1, 0.15) is 69.5 Å². The number of hydrogen-bond acceptors (Lipinski definition) is 10. The number of nitrogens with zero attached hydrogens (tertiary/aromatic N) is 2. The lowest BCUT2D eigenvalue weighted by Crippen LogP contribution is -2.24. The molecule has 2 heterocycles. The highest BCUT2D eigenvalue weighted by molar-refractivity contribution is 6.31. The Hall–Kier alpha value is -6.21. The number of hydrogen-bond donors (Lipinski definition) is 1. The average Bonchev–Trinajstić information content (AvgIpc) is 3.28. The van der Waals surface area contributed by atoms with Gasteiger partial charge in [-0.2, -0.15) is 0 Å². The molecule has 14 heteroatoms. The lowest BCUT2D eigenvalue weighted by Gasteiger charge is -2.24. The van der Waals surface area contributed by atoms with Crippen LogP contribution in [0.5, 0.6) is 23.0 Å². The molecule has 0 fully saturated rings. The minimum atomic E-state index is -1.37. The second-order valence-electron chi connectivity index (χ2n) is 13.8. The Bertz CT molecular complexity index is 2520. The maximum atomic E-state index is 13.6. The van der Waals surface area contributed by atoms with Gasteiger partial charge in [-0.1, -0.05) is 23.2 Å². The first-order chi connectivity index (χ1) is 29.2. The maximum absolute atomic E-state index is 13.6. The summed E-state index contributed by atoms with van der Waals surface area (Å²) in [5.74, 6) is 0.576. The molecule has 61 heavy (non-hydrogen) atoms. The van der Waals surface area contributed by atoms with Crippen LogP contribution in [0.3, 0.4) is 0 Å². The van der Waals surface area contributed by atoms with Gasteiger partial charge < -0.3 is 24.1 Å². The van der Waals surface area contributed by atoms with Crippen LogP contribution in [-0.2, 0) is 5.60 Å². The Morgan fingerprint density at radius 3 is 1.48 bits per heavy atom. The van der Waals surface area contributed by atoms with Crippen LogP contribution in [0.25, 0.3) is 22.5 Å². The highest BCUT2D eigenvalue weighted by Crippen LogP contribution is 2.35. The minimum Gasteiger partial charge on any atom is -0.497 e. The van der Waals surface area contributed by atoms with Crippen LogP contribution < -0.4 is 18.9 Å². The summed E-state index contributed by atoms with van der Waals surface area (Å²) in [6, 6.07) is 28.4. The molecule has 0 bridgehead atoms. The highest BCUT2D eigenvalue weighted by Gasteiger charge is 2.28. The van der Waals surface area contributed by atoms with Gasteiger partial charge in [0.15, 0.2) is 17.3 Å². The molecule has 0 aliphatic heterocycles. The van der Waals surface area contributed by atoms with Gasteiger partial charge in [-0.3, -0.25) is 14.4 Å². The van der Waals surface area contributed by atoms with E-state index in [4.69, 9.17) is 42.1 Å². The maximum Gasteiger partial charge on any atom is 0.181 e. The summed E-state index contributed by atoms with van der Waals surface area (Å²) >= 11 is 11.8. The third-order valence-electron chi connectivity index (χ3n) is 9.62. The monoisotopic (exact) mass is 870 g/mol. The first-order valence-corrected chi connectivity index (χ1v) is 19.5. The minimum absolute atomic E-state index is 0.00774.